The summed E-state index contributed by atoms with van der Waals surface area (Å²) in [5.41, 5.74) is 6.46. The number of aliphatic imine (C=N–C) groups is 2. The van der Waals surface area contributed by atoms with E-state index in [1.165, 1.54) is 0 Å². The fraction of sp³-hybridized carbons (Fsp3) is 0.261. The van der Waals surface area contributed by atoms with Crippen LogP contribution in [0.3, 0.4) is 0 Å². The van der Waals surface area contributed by atoms with Crippen LogP contribution in [0.15, 0.2) is 63.5 Å². The zero-order valence-corrected chi connectivity index (χ0v) is 17.1. The Morgan fingerprint density at radius 1 is 1.25 bits per heavy atom. The minimum atomic E-state index is 0.0307. The van der Waals surface area contributed by atoms with E-state index < -0.39 is 0 Å². The van der Waals surface area contributed by atoms with Gasteiger partial charge in [-0.15, -0.1) is 0 Å². The van der Waals surface area contributed by atoms with Crippen molar-refractivity contribution in [3.63, 3.8) is 0 Å². The molecule has 0 unspecified atom stereocenters. The number of nitrogens with zero attached hydrogens (tertiary/aromatic N) is 2. The van der Waals surface area contributed by atoms with Gasteiger partial charge in [0.25, 0.3) is 0 Å². The summed E-state index contributed by atoms with van der Waals surface area (Å²) in [5.74, 6) is 0.856. The Hall–Kier alpha value is -3.21. The lowest BCUT2D eigenvalue weighted by Crippen LogP contribution is -2.04. The Kier molecular flexibility index (Phi) is 5.73. The van der Waals surface area contributed by atoms with Crippen molar-refractivity contribution in [2.24, 2.45) is 9.98 Å². The smallest absolute Gasteiger partial charge is 0.175 e. The van der Waals surface area contributed by atoms with E-state index in [0.717, 1.165) is 51.4 Å². The Balaban J connectivity index is 2.00. The summed E-state index contributed by atoms with van der Waals surface area (Å²) in [5, 5.41) is 4.47. The minimum absolute atomic E-state index is 0.0307. The number of ketones is 1. The number of carbonyl (C=O) groups excluding carboxylic acids is 1. The van der Waals surface area contributed by atoms with Crippen LogP contribution in [0.4, 0.5) is 5.69 Å². The summed E-state index contributed by atoms with van der Waals surface area (Å²) < 4.78 is 0. The van der Waals surface area contributed by atoms with Gasteiger partial charge in [0.1, 0.15) is 5.82 Å². The zero-order valence-electron chi connectivity index (χ0n) is 17.1. The maximum Gasteiger partial charge on any atom is 0.175 e. The molecule has 0 aliphatic carbocycles. The molecule has 28 heavy (non-hydrogen) atoms. The van der Waals surface area contributed by atoms with Crippen LogP contribution in [0.1, 0.15) is 50.2 Å². The lowest BCUT2D eigenvalue weighted by molar-refractivity contribution is 0.101. The van der Waals surface area contributed by atoms with Crippen molar-refractivity contribution in [2.45, 2.75) is 41.0 Å². The second kappa shape index (κ2) is 8.21. The minimum Gasteiger partial charge on any atom is -0.352 e. The molecule has 2 heterocycles. The molecule has 5 heteroatoms. The fourth-order valence-electron chi connectivity index (χ4n) is 3.23. The van der Waals surface area contributed by atoms with Crippen molar-refractivity contribution in [1.29, 1.82) is 0 Å². The quantitative estimate of drug-likeness (QED) is 0.519. The first-order valence-electron chi connectivity index (χ1n) is 9.44. The van der Waals surface area contributed by atoms with Crippen molar-refractivity contribution >= 4 is 34.3 Å². The number of nitrogens with one attached hydrogen (secondary N) is 2. The molecule has 0 bridgehead atoms. The fourth-order valence-corrected chi connectivity index (χ4v) is 3.23. The first kappa shape index (κ1) is 19.5. The average molecular weight is 374 g/mol. The van der Waals surface area contributed by atoms with Gasteiger partial charge in [-0.3, -0.25) is 9.79 Å². The molecule has 0 spiro atoms. The van der Waals surface area contributed by atoms with Crippen LogP contribution in [0, 0.1) is 6.92 Å². The Labute approximate surface area is 165 Å². The molecule has 1 aliphatic rings. The molecule has 1 aromatic carbocycles. The van der Waals surface area contributed by atoms with E-state index in [0.29, 0.717) is 5.69 Å². The molecule has 2 aromatic rings. The molecular weight excluding hydrogens is 348 g/mol. The predicted octanol–water partition coefficient (Wildman–Crippen LogP) is 5.72. The molecule has 2 N–H and O–H groups in total. The summed E-state index contributed by atoms with van der Waals surface area (Å²) in [6, 6.07) is 6.01. The molecule has 3 rings (SSSR count). The van der Waals surface area contributed by atoms with Gasteiger partial charge in [0.2, 0.25) is 0 Å². The molecule has 0 fully saturated rings. The highest BCUT2D eigenvalue weighted by atomic mass is 16.1. The Morgan fingerprint density at radius 3 is 2.71 bits per heavy atom. The maximum atomic E-state index is 11.7. The number of anilines is 1. The topological polar surface area (TPSA) is 69.6 Å². The summed E-state index contributed by atoms with van der Waals surface area (Å²) in [6.07, 6.45) is 8.68. The third kappa shape index (κ3) is 4.03. The van der Waals surface area contributed by atoms with Crippen LogP contribution in [-0.4, -0.2) is 22.7 Å². The Bertz CT molecular complexity index is 1080. The second-order valence-corrected chi connectivity index (χ2v) is 6.92. The highest BCUT2D eigenvalue weighted by molar-refractivity contribution is 6.09. The molecule has 0 saturated carbocycles. The summed E-state index contributed by atoms with van der Waals surface area (Å²) in [7, 11) is 0. The van der Waals surface area contributed by atoms with E-state index in [1.54, 1.807) is 13.1 Å². The molecule has 1 aromatic heterocycles. The van der Waals surface area contributed by atoms with Gasteiger partial charge in [0.05, 0.1) is 17.1 Å². The summed E-state index contributed by atoms with van der Waals surface area (Å²) in [4.78, 5) is 24.2. The summed E-state index contributed by atoms with van der Waals surface area (Å²) >= 11 is 0. The molecule has 0 saturated heterocycles. The number of H-pyrrole nitrogens is 1. The van der Waals surface area contributed by atoms with Crippen molar-refractivity contribution in [3.05, 3.63) is 64.8 Å². The van der Waals surface area contributed by atoms with Gasteiger partial charge in [-0.1, -0.05) is 12.2 Å². The predicted molar refractivity (Wildman–Crippen MR) is 118 cm³/mol. The van der Waals surface area contributed by atoms with E-state index in [2.05, 4.69) is 34.4 Å². The highest BCUT2D eigenvalue weighted by Gasteiger charge is 2.12. The van der Waals surface area contributed by atoms with Crippen LogP contribution < -0.4 is 5.32 Å². The molecule has 144 valence electrons. The van der Waals surface area contributed by atoms with Gasteiger partial charge < -0.3 is 10.3 Å². The van der Waals surface area contributed by atoms with Crippen molar-refractivity contribution in [1.82, 2.24) is 4.98 Å². The van der Waals surface area contributed by atoms with E-state index >= 15 is 0 Å². The number of Topliss-reactive ketones (excluding diaryl/α,β-unsaturated/α-hetero) is 1. The number of fused-ring (bicyclic) bond motifs is 1. The number of rotatable bonds is 5. The van der Waals surface area contributed by atoms with Gasteiger partial charge in [-0.25, -0.2) is 4.99 Å². The van der Waals surface area contributed by atoms with Crippen LogP contribution in [0.5, 0.6) is 0 Å². The van der Waals surface area contributed by atoms with E-state index in [1.807, 2.05) is 45.1 Å². The van der Waals surface area contributed by atoms with Gasteiger partial charge in [-0.2, -0.15) is 0 Å². The van der Waals surface area contributed by atoms with E-state index in [9.17, 15) is 4.79 Å². The molecule has 0 amide bonds. The largest absolute Gasteiger partial charge is 0.352 e. The number of aromatic amines is 1. The zero-order chi connectivity index (χ0) is 20.3. The highest BCUT2D eigenvalue weighted by Crippen LogP contribution is 2.27. The van der Waals surface area contributed by atoms with Gasteiger partial charge in [0.15, 0.2) is 5.78 Å². The number of carbonyl (C=O) groups is 1. The van der Waals surface area contributed by atoms with Crippen LogP contribution >= 0.6 is 0 Å². The summed E-state index contributed by atoms with van der Waals surface area (Å²) in [6.45, 7) is 9.54. The first-order valence-corrected chi connectivity index (χ1v) is 9.44. The third-order valence-electron chi connectivity index (χ3n) is 4.71. The maximum absolute atomic E-state index is 11.7. The van der Waals surface area contributed by atoms with Crippen molar-refractivity contribution in [2.75, 3.05) is 5.32 Å². The SMILES string of the molecule is CC=N/C(=C\C)C1=NC(Nc2cc(C)c3[nH]c(C(C)=O)cc3c2)=C(C)CC=C1. The van der Waals surface area contributed by atoms with Crippen LogP contribution in [-0.2, 0) is 0 Å². The van der Waals surface area contributed by atoms with Gasteiger partial charge >= 0.3 is 0 Å². The molecule has 0 atom stereocenters. The van der Waals surface area contributed by atoms with Gasteiger partial charge in [-0.05, 0) is 69.5 Å². The van der Waals surface area contributed by atoms with Crippen LogP contribution in [0.2, 0.25) is 0 Å². The number of allylic oxidation sites excluding steroid dienone is 4. The third-order valence-corrected chi connectivity index (χ3v) is 4.71. The number of hydrogen-bond donors (Lipinski definition) is 2. The van der Waals surface area contributed by atoms with Crippen molar-refractivity contribution in [3.8, 4) is 0 Å². The van der Waals surface area contributed by atoms with Crippen LogP contribution in [0.25, 0.3) is 10.9 Å². The number of hydrogen-bond acceptors (Lipinski definition) is 4. The molecular formula is C23H26N4O. The number of benzene rings is 1. The molecule has 5 nitrogen and oxygen atoms in total. The monoisotopic (exact) mass is 374 g/mol. The van der Waals surface area contributed by atoms with Gasteiger partial charge in [0, 0.05) is 29.7 Å². The lowest BCUT2D eigenvalue weighted by Gasteiger charge is -2.12. The van der Waals surface area contributed by atoms with Crippen molar-refractivity contribution < 1.29 is 4.79 Å². The standard InChI is InChI=1S/C23H26N4O/c1-6-19(24-7-2)20-10-8-9-14(3)23(27-20)25-18-11-15(4)22-17(12-18)13-21(26-22)16(5)28/h6-8,10-13,25-26H,9H2,1-5H3/b19-6-,24-7?. The normalized spacial score (nSPS) is 15.3. The lowest BCUT2D eigenvalue weighted by atomic mass is 10.1. The molecule has 1 aliphatic heterocycles. The number of aryl methyl sites for hydroxylation is 1. The van der Waals surface area contributed by atoms with E-state index in [4.69, 9.17) is 4.99 Å². The number of aromatic nitrogens is 1. The first-order chi connectivity index (χ1) is 13.4. The molecule has 0 radical (unpaired) electrons. The Morgan fingerprint density at radius 2 is 2.04 bits per heavy atom. The second-order valence-electron chi connectivity index (χ2n) is 6.92. The van der Waals surface area contributed by atoms with E-state index in [-0.39, 0.29) is 5.78 Å². The average Bonchev–Trinajstić information content (AvgIpc) is 3.01.